The van der Waals surface area contributed by atoms with Gasteiger partial charge in [-0.1, -0.05) is 29.5 Å². The van der Waals surface area contributed by atoms with Gasteiger partial charge in [0, 0.05) is 12.3 Å². The van der Waals surface area contributed by atoms with Gasteiger partial charge in [0.25, 0.3) is 0 Å². The third kappa shape index (κ3) is 4.02. The molecule has 1 aromatic heterocycles. The maximum absolute atomic E-state index is 10.6. The van der Waals surface area contributed by atoms with Crippen LogP contribution in [0.1, 0.15) is 4.88 Å². The minimum atomic E-state index is -0.405. The van der Waals surface area contributed by atoms with E-state index in [1.165, 1.54) is 6.07 Å². The Kier molecular flexibility index (Phi) is 4.44. The zero-order chi connectivity index (χ0) is 16.1. The van der Waals surface area contributed by atoms with Crippen molar-refractivity contribution in [3.63, 3.8) is 0 Å². The molecule has 0 spiro atoms. The fraction of sp³-hybridized carbons (Fsp3) is 0. The molecule has 0 aliphatic rings. The van der Waals surface area contributed by atoms with E-state index < -0.39 is 4.92 Å². The van der Waals surface area contributed by atoms with Crippen LogP contribution in [0, 0.1) is 10.1 Å². The number of ether oxygens (including phenoxy) is 1. The summed E-state index contributed by atoms with van der Waals surface area (Å²) in [4.78, 5) is 15.3. The lowest BCUT2D eigenvalue weighted by Crippen LogP contribution is -1.82. The lowest BCUT2D eigenvalue weighted by atomic mass is 10.3. The summed E-state index contributed by atoms with van der Waals surface area (Å²) in [5.74, 6) is 1.50. The van der Waals surface area contributed by atoms with E-state index in [-0.39, 0.29) is 5.00 Å². The van der Waals surface area contributed by atoms with Gasteiger partial charge in [0.1, 0.15) is 11.5 Å². The number of nitro groups is 1. The summed E-state index contributed by atoms with van der Waals surface area (Å²) in [6.45, 7) is 0. The minimum Gasteiger partial charge on any atom is -0.457 e. The SMILES string of the molecule is O=[N+]([O-])c1ccc(C=Nc2ccc(Oc3ccccc3)cc2)s1. The molecule has 2 aromatic carbocycles. The van der Waals surface area contributed by atoms with Gasteiger partial charge in [0.15, 0.2) is 0 Å². The number of nitrogens with zero attached hydrogens (tertiary/aromatic N) is 2. The molecule has 0 unspecified atom stereocenters. The third-order valence-corrected chi connectivity index (χ3v) is 3.92. The van der Waals surface area contributed by atoms with Crippen LogP contribution < -0.4 is 4.74 Å². The Morgan fingerprint density at radius 1 is 0.957 bits per heavy atom. The molecule has 5 nitrogen and oxygen atoms in total. The second-order valence-corrected chi connectivity index (χ2v) is 5.69. The van der Waals surface area contributed by atoms with Gasteiger partial charge in [-0.3, -0.25) is 15.1 Å². The highest BCUT2D eigenvalue weighted by Gasteiger charge is 2.07. The van der Waals surface area contributed by atoms with E-state index in [1.807, 2.05) is 54.6 Å². The van der Waals surface area contributed by atoms with Crippen molar-refractivity contribution in [2.45, 2.75) is 0 Å². The largest absolute Gasteiger partial charge is 0.457 e. The van der Waals surface area contributed by atoms with Crippen LogP contribution >= 0.6 is 11.3 Å². The highest BCUT2D eigenvalue weighted by molar-refractivity contribution is 7.16. The molecule has 3 rings (SSSR count). The predicted octanol–water partition coefficient (Wildman–Crippen LogP) is 5.20. The molecule has 0 aliphatic heterocycles. The van der Waals surface area contributed by atoms with Crippen molar-refractivity contribution in [3.8, 4) is 11.5 Å². The van der Waals surface area contributed by atoms with Crippen molar-refractivity contribution in [1.82, 2.24) is 0 Å². The van der Waals surface area contributed by atoms with Gasteiger partial charge in [-0.2, -0.15) is 0 Å². The molecule has 1 heterocycles. The summed E-state index contributed by atoms with van der Waals surface area (Å²) in [6.07, 6.45) is 1.62. The topological polar surface area (TPSA) is 64.7 Å². The van der Waals surface area contributed by atoms with Crippen molar-refractivity contribution in [2.75, 3.05) is 0 Å². The number of thiophene rings is 1. The van der Waals surface area contributed by atoms with Crippen molar-refractivity contribution < 1.29 is 9.66 Å². The second kappa shape index (κ2) is 6.85. The third-order valence-electron chi connectivity index (χ3n) is 2.95. The van der Waals surface area contributed by atoms with Crippen LogP contribution in [-0.2, 0) is 0 Å². The van der Waals surface area contributed by atoms with Crippen LogP contribution in [0.2, 0.25) is 0 Å². The zero-order valence-corrected chi connectivity index (χ0v) is 12.8. The molecule has 0 amide bonds. The lowest BCUT2D eigenvalue weighted by Gasteiger charge is -2.05. The number of hydrogen-bond donors (Lipinski definition) is 0. The van der Waals surface area contributed by atoms with Gasteiger partial charge in [0.05, 0.1) is 15.5 Å². The molecule has 0 fully saturated rings. The number of benzene rings is 2. The van der Waals surface area contributed by atoms with Gasteiger partial charge >= 0.3 is 5.00 Å². The molecule has 0 radical (unpaired) electrons. The van der Waals surface area contributed by atoms with E-state index in [0.29, 0.717) is 0 Å². The number of rotatable bonds is 5. The molecule has 0 saturated carbocycles. The van der Waals surface area contributed by atoms with Crippen LogP contribution in [0.25, 0.3) is 0 Å². The van der Waals surface area contributed by atoms with E-state index in [2.05, 4.69) is 4.99 Å². The molecule has 6 heteroatoms. The van der Waals surface area contributed by atoms with E-state index in [1.54, 1.807) is 12.3 Å². The molecule has 0 N–H and O–H groups in total. The number of para-hydroxylation sites is 1. The zero-order valence-electron chi connectivity index (χ0n) is 12.0. The summed E-state index contributed by atoms with van der Waals surface area (Å²) in [5.41, 5.74) is 0.751. The Balaban J connectivity index is 1.67. The van der Waals surface area contributed by atoms with Crippen LogP contribution in [0.5, 0.6) is 11.5 Å². The highest BCUT2D eigenvalue weighted by Crippen LogP contribution is 2.25. The first-order valence-electron chi connectivity index (χ1n) is 6.82. The summed E-state index contributed by atoms with van der Waals surface area (Å²) < 4.78 is 5.70. The van der Waals surface area contributed by atoms with E-state index in [0.717, 1.165) is 33.4 Å². The van der Waals surface area contributed by atoms with Crippen LogP contribution in [0.3, 0.4) is 0 Å². The minimum absolute atomic E-state index is 0.109. The smallest absolute Gasteiger partial charge is 0.324 e. The Bertz CT molecular complexity index is 827. The van der Waals surface area contributed by atoms with Crippen LogP contribution in [0.15, 0.2) is 71.7 Å². The Morgan fingerprint density at radius 3 is 2.30 bits per heavy atom. The van der Waals surface area contributed by atoms with Gasteiger partial charge in [-0.05, 0) is 42.5 Å². The molecule has 23 heavy (non-hydrogen) atoms. The number of hydrogen-bond acceptors (Lipinski definition) is 5. The quantitative estimate of drug-likeness (QED) is 0.368. The Morgan fingerprint density at radius 2 is 1.65 bits per heavy atom. The monoisotopic (exact) mass is 324 g/mol. The first kappa shape index (κ1) is 14.9. The summed E-state index contributed by atoms with van der Waals surface area (Å²) in [6, 6.07) is 20.0. The van der Waals surface area contributed by atoms with Crippen LogP contribution in [-0.4, -0.2) is 11.1 Å². The molecule has 3 aromatic rings. The maximum atomic E-state index is 10.6. The standard InChI is InChI=1S/C17H12N2O3S/c20-19(21)17-11-10-16(23-17)12-18-13-6-8-15(9-7-13)22-14-4-2-1-3-5-14/h1-12H. The predicted molar refractivity (Wildman–Crippen MR) is 91.2 cm³/mol. The summed E-state index contributed by atoms with van der Waals surface area (Å²) in [5, 5.41) is 10.7. The normalized spacial score (nSPS) is 10.8. The molecule has 0 saturated heterocycles. The Labute approximate surface area is 136 Å². The maximum Gasteiger partial charge on any atom is 0.324 e. The fourth-order valence-electron chi connectivity index (χ4n) is 1.87. The average molecular weight is 324 g/mol. The highest BCUT2D eigenvalue weighted by atomic mass is 32.1. The molecular formula is C17H12N2O3S. The van der Waals surface area contributed by atoms with Crippen molar-refractivity contribution in [1.29, 1.82) is 0 Å². The van der Waals surface area contributed by atoms with Crippen molar-refractivity contribution in [2.24, 2.45) is 4.99 Å². The van der Waals surface area contributed by atoms with Crippen LogP contribution in [0.4, 0.5) is 10.7 Å². The number of aliphatic imine (C=N–C) groups is 1. The second-order valence-electron chi connectivity index (χ2n) is 4.60. The van der Waals surface area contributed by atoms with E-state index in [9.17, 15) is 10.1 Å². The van der Waals surface area contributed by atoms with E-state index >= 15 is 0 Å². The Hall–Kier alpha value is -2.99. The van der Waals surface area contributed by atoms with Gasteiger partial charge < -0.3 is 4.74 Å². The lowest BCUT2D eigenvalue weighted by molar-refractivity contribution is -0.380. The first-order valence-corrected chi connectivity index (χ1v) is 7.63. The van der Waals surface area contributed by atoms with Gasteiger partial charge in [-0.15, -0.1) is 0 Å². The molecule has 0 atom stereocenters. The summed E-state index contributed by atoms with van der Waals surface area (Å²) >= 11 is 1.09. The molecule has 0 bridgehead atoms. The van der Waals surface area contributed by atoms with E-state index in [4.69, 9.17) is 4.74 Å². The van der Waals surface area contributed by atoms with Gasteiger partial charge in [0.2, 0.25) is 0 Å². The fourth-order valence-corrected chi connectivity index (χ4v) is 2.57. The van der Waals surface area contributed by atoms with Crippen molar-refractivity contribution >= 4 is 28.2 Å². The molecule has 0 aliphatic carbocycles. The van der Waals surface area contributed by atoms with Gasteiger partial charge in [-0.25, -0.2) is 0 Å². The molecular weight excluding hydrogens is 312 g/mol. The first-order chi connectivity index (χ1) is 11.2. The average Bonchev–Trinajstić information content (AvgIpc) is 3.04. The molecule has 114 valence electrons. The summed E-state index contributed by atoms with van der Waals surface area (Å²) in [7, 11) is 0. The van der Waals surface area contributed by atoms with Crippen molar-refractivity contribution in [3.05, 3.63) is 81.7 Å².